The smallest absolute Gasteiger partial charge is 0.423 e. The fraction of sp³-hybridized carbons (Fsp3) is 0.500. The molecule has 2 aromatic rings. The van der Waals surface area contributed by atoms with Crippen LogP contribution in [0.15, 0.2) is 30.5 Å². The quantitative estimate of drug-likeness (QED) is 0.684. The molecule has 7 heteroatoms. The zero-order valence-corrected chi connectivity index (χ0v) is 15.5. The molecule has 4 nitrogen and oxygen atoms in total. The first-order valence-electron chi connectivity index (χ1n) is 9.31. The highest BCUT2D eigenvalue weighted by atomic mass is 19.4. The summed E-state index contributed by atoms with van der Waals surface area (Å²) in [6.07, 6.45) is 0.524. The summed E-state index contributed by atoms with van der Waals surface area (Å²) in [5.41, 5.74) is 0.951. The van der Waals surface area contributed by atoms with Crippen LogP contribution in [0.3, 0.4) is 0 Å². The van der Waals surface area contributed by atoms with Crippen LogP contribution >= 0.6 is 0 Å². The summed E-state index contributed by atoms with van der Waals surface area (Å²) in [5, 5.41) is 2.96. The van der Waals surface area contributed by atoms with E-state index in [0.29, 0.717) is 11.6 Å². The molecular formula is C20H24F3N3O. The Morgan fingerprint density at radius 1 is 1.07 bits per heavy atom. The van der Waals surface area contributed by atoms with Gasteiger partial charge < -0.3 is 10.1 Å². The summed E-state index contributed by atoms with van der Waals surface area (Å²) in [6.45, 7) is 4.19. The number of rotatable bonds is 5. The maximum atomic E-state index is 13.3. The van der Waals surface area contributed by atoms with E-state index in [4.69, 9.17) is 4.74 Å². The lowest BCUT2D eigenvalue weighted by Crippen LogP contribution is -2.22. The van der Waals surface area contributed by atoms with Gasteiger partial charge >= 0.3 is 6.18 Å². The highest BCUT2D eigenvalue weighted by molar-refractivity contribution is 5.54. The van der Waals surface area contributed by atoms with Gasteiger partial charge in [-0.15, -0.1) is 0 Å². The number of halogens is 3. The number of ether oxygens (including phenoxy) is 1. The van der Waals surface area contributed by atoms with Gasteiger partial charge in [0.05, 0.1) is 0 Å². The third kappa shape index (κ3) is 5.11. The Labute approximate surface area is 157 Å². The van der Waals surface area contributed by atoms with Crippen LogP contribution in [0.1, 0.15) is 63.0 Å². The van der Waals surface area contributed by atoms with Crippen LogP contribution in [-0.2, 0) is 6.18 Å². The van der Waals surface area contributed by atoms with E-state index in [9.17, 15) is 13.2 Å². The Bertz CT molecular complexity index is 754. The normalized spacial score (nSPS) is 15.8. The van der Waals surface area contributed by atoms with Gasteiger partial charge in [-0.25, -0.2) is 4.98 Å². The van der Waals surface area contributed by atoms with Crippen LogP contribution in [0.4, 0.5) is 24.8 Å². The summed E-state index contributed by atoms with van der Waals surface area (Å²) in [5.74, 6) is 0.0914. The number of aromatic nitrogens is 2. The minimum absolute atomic E-state index is 0.0890. The second-order valence-electron chi connectivity index (χ2n) is 7.19. The highest BCUT2D eigenvalue weighted by Gasteiger charge is 2.37. The van der Waals surface area contributed by atoms with E-state index in [1.54, 1.807) is 0 Å². The molecule has 0 radical (unpaired) electrons. The molecule has 1 saturated carbocycles. The zero-order chi connectivity index (χ0) is 19.4. The van der Waals surface area contributed by atoms with Crippen molar-refractivity contribution >= 4 is 11.6 Å². The molecular weight excluding hydrogens is 355 g/mol. The number of nitrogens with one attached hydrogen (secondary N) is 1. The van der Waals surface area contributed by atoms with Crippen molar-refractivity contribution in [2.45, 2.75) is 64.1 Å². The Morgan fingerprint density at radius 2 is 1.74 bits per heavy atom. The first-order valence-corrected chi connectivity index (χ1v) is 9.31. The zero-order valence-electron chi connectivity index (χ0n) is 15.5. The van der Waals surface area contributed by atoms with Crippen LogP contribution in [0.5, 0.6) is 5.88 Å². The molecule has 0 atom stereocenters. The molecule has 1 aromatic heterocycles. The molecule has 1 heterocycles. The van der Waals surface area contributed by atoms with E-state index in [0.717, 1.165) is 38.3 Å². The lowest BCUT2D eigenvalue weighted by Gasteiger charge is -2.24. The van der Waals surface area contributed by atoms with Gasteiger partial charge in [0.2, 0.25) is 11.8 Å². The van der Waals surface area contributed by atoms with Gasteiger partial charge in [0.15, 0.2) is 0 Å². The summed E-state index contributed by atoms with van der Waals surface area (Å²) in [7, 11) is 0. The Morgan fingerprint density at radius 3 is 2.33 bits per heavy atom. The molecule has 0 unspecified atom stereocenters. The lowest BCUT2D eigenvalue weighted by atomic mass is 9.98. The average Bonchev–Trinajstić information content (AvgIpc) is 2.62. The molecule has 1 fully saturated rings. The molecule has 1 aromatic carbocycles. The van der Waals surface area contributed by atoms with Gasteiger partial charge in [0.1, 0.15) is 11.7 Å². The molecule has 3 rings (SSSR count). The summed E-state index contributed by atoms with van der Waals surface area (Å²) >= 11 is 0. The predicted octanol–water partition coefficient (Wildman–Crippen LogP) is 6.07. The minimum atomic E-state index is -4.55. The van der Waals surface area contributed by atoms with Gasteiger partial charge in [0, 0.05) is 11.9 Å². The molecule has 1 aliphatic carbocycles. The van der Waals surface area contributed by atoms with Crippen molar-refractivity contribution in [3.63, 3.8) is 0 Å². The maximum absolute atomic E-state index is 13.3. The van der Waals surface area contributed by atoms with Crippen LogP contribution in [-0.4, -0.2) is 16.1 Å². The van der Waals surface area contributed by atoms with Crippen LogP contribution < -0.4 is 10.1 Å². The Balaban J connectivity index is 1.82. The van der Waals surface area contributed by atoms with Crippen LogP contribution in [0.2, 0.25) is 0 Å². The molecule has 0 bridgehead atoms. The number of benzene rings is 1. The number of alkyl halides is 3. The molecule has 0 saturated heterocycles. The molecule has 146 valence electrons. The number of anilines is 2. The van der Waals surface area contributed by atoms with E-state index in [1.165, 1.54) is 5.56 Å². The van der Waals surface area contributed by atoms with Crippen molar-refractivity contribution in [2.24, 2.45) is 0 Å². The van der Waals surface area contributed by atoms with Gasteiger partial charge in [-0.2, -0.15) is 18.2 Å². The van der Waals surface area contributed by atoms with Crippen molar-refractivity contribution in [2.75, 3.05) is 5.32 Å². The van der Waals surface area contributed by atoms with Gasteiger partial charge in [0.25, 0.3) is 0 Å². The first-order chi connectivity index (χ1) is 12.8. The van der Waals surface area contributed by atoms with E-state index in [-0.39, 0.29) is 12.1 Å². The third-order valence-electron chi connectivity index (χ3n) is 4.72. The fourth-order valence-corrected chi connectivity index (χ4v) is 3.13. The van der Waals surface area contributed by atoms with E-state index in [2.05, 4.69) is 29.1 Å². The second kappa shape index (κ2) is 8.15. The summed E-state index contributed by atoms with van der Waals surface area (Å²) < 4.78 is 45.5. The van der Waals surface area contributed by atoms with Gasteiger partial charge in [-0.1, -0.05) is 32.4 Å². The summed E-state index contributed by atoms with van der Waals surface area (Å²) in [6, 6.07) is 7.66. The van der Waals surface area contributed by atoms with Crippen molar-refractivity contribution in [1.82, 2.24) is 9.97 Å². The minimum Gasteiger partial charge on any atom is -0.474 e. The molecule has 1 N–H and O–H groups in total. The second-order valence-corrected chi connectivity index (χ2v) is 7.19. The molecule has 27 heavy (non-hydrogen) atoms. The largest absolute Gasteiger partial charge is 0.474 e. The van der Waals surface area contributed by atoms with Gasteiger partial charge in [-0.3, -0.25) is 0 Å². The van der Waals surface area contributed by atoms with Crippen molar-refractivity contribution < 1.29 is 17.9 Å². The number of nitrogens with zero attached hydrogens (tertiary/aromatic N) is 2. The molecule has 0 spiro atoms. The Hall–Kier alpha value is -2.31. The van der Waals surface area contributed by atoms with Crippen molar-refractivity contribution in [3.8, 4) is 5.88 Å². The van der Waals surface area contributed by atoms with E-state index >= 15 is 0 Å². The SMILES string of the molecule is CC(C)c1ccc(Nc2ncc(C(F)(F)F)c(OC3CCCCC3)n2)cc1. The fourth-order valence-electron chi connectivity index (χ4n) is 3.13. The molecule has 0 amide bonds. The van der Waals surface area contributed by atoms with Crippen LogP contribution in [0.25, 0.3) is 0 Å². The monoisotopic (exact) mass is 379 g/mol. The number of hydrogen-bond acceptors (Lipinski definition) is 4. The standard InChI is InChI=1S/C20H24F3N3O/c1-13(2)14-8-10-15(11-9-14)25-19-24-12-17(20(21,22)23)18(26-19)27-16-6-4-3-5-7-16/h8-13,16H,3-7H2,1-2H3,(H,24,25,26). The molecule has 1 aliphatic rings. The van der Waals surface area contributed by atoms with Crippen LogP contribution in [0, 0.1) is 0 Å². The third-order valence-corrected chi connectivity index (χ3v) is 4.72. The predicted molar refractivity (Wildman–Crippen MR) is 98.3 cm³/mol. The van der Waals surface area contributed by atoms with Gasteiger partial charge in [-0.05, 0) is 49.3 Å². The first kappa shape index (κ1) is 19.5. The topological polar surface area (TPSA) is 47.0 Å². The Kier molecular flexibility index (Phi) is 5.87. The van der Waals surface area contributed by atoms with E-state index in [1.807, 2.05) is 24.3 Å². The van der Waals surface area contributed by atoms with Crippen molar-refractivity contribution in [3.05, 3.63) is 41.6 Å². The van der Waals surface area contributed by atoms with Crippen molar-refractivity contribution in [1.29, 1.82) is 0 Å². The lowest BCUT2D eigenvalue weighted by molar-refractivity contribution is -0.140. The van der Waals surface area contributed by atoms with E-state index < -0.39 is 17.6 Å². The highest BCUT2D eigenvalue weighted by Crippen LogP contribution is 2.36. The number of hydrogen-bond donors (Lipinski definition) is 1. The summed E-state index contributed by atoms with van der Waals surface area (Å²) in [4.78, 5) is 7.85. The average molecular weight is 379 g/mol. The maximum Gasteiger partial charge on any atom is 0.423 e. The molecule has 0 aliphatic heterocycles.